The first kappa shape index (κ1) is 18.6. The summed E-state index contributed by atoms with van der Waals surface area (Å²) in [6.45, 7) is 2.08. The number of H-pyrrole nitrogens is 1. The molecule has 1 unspecified atom stereocenters. The maximum atomic E-state index is 13.3. The number of hydrogen-bond acceptors (Lipinski definition) is 5. The number of anilines is 1. The van der Waals surface area contributed by atoms with Gasteiger partial charge in [0.1, 0.15) is 11.7 Å². The van der Waals surface area contributed by atoms with Gasteiger partial charge in [-0.25, -0.2) is 14.4 Å². The molecule has 1 fully saturated rings. The summed E-state index contributed by atoms with van der Waals surface area (Å²) in [5.74, 6) is 0.429. The Morgan fingerprint density at radius 2 is 2.29 bits per heavy atom. The molecule has 1 aliphatic rings. The second-order valence-electron chi connectivity index (χ2n) is 6.98. The number of rotatable bonds is 4. The summed E-state index contributed by atoms with van der Waals surface area (Å²) < 4.78 is 13.3. The van der Waals surface area contributed by atoms with Crippen molar-refractivity contribution in [3.63, 3.8) is 0 Å². The number of nitrogens with zero attached hydrogens (tertiary/aromatic N) is 4. The lowest BCUT2D eigenvalue weighted by Crippen LogP contribution is -2.39. The second-order valence-corrected chi connectivity index (χ2v) is 7.39. The van der Waals surface area contributed by atoms with Crippen molar-refractivity contribution in [2.45, 2.75) is 18.9 Å². The molecule has 4 N–H and O–H groups in total. The summed E-state index contributed by atoms with van der Waals surface area (Å²) in [4.78, 5) is 18.8. The van der Waals surface area contributed by atoms with Gasteiger partial charge in [0.05, 0.1) is 16.2 Å². The number of benzene rings is 1. The van der Waals surface area contributed by atoms with Crippen LogP contribution in [0.1, 0.15) is 18.4 Å². The van der Waals surface area contributed by atoms with Gasteiger partial charge in [0.15, 0.2) is 5.65 Å². The zero-order valence-electron chi connectivity index (χ0n) is 15.4. The maximum absolute atomic E-state index is 13.3. The van der Waals surface area contributed by atoms with E-state index in [2.05, 4.69) is 37.2 Å². The van der Waals surface area contributed by atoms with Crippen molar-refractivity contribution in [2.24, 2.45) is 10.7 Å². The number of likely N-dealkylation sites (N-methyl/N-ethyl adjacent to an activating group) is 1. The molecule has 9 heteroatoms. The van der Waals surface area contributed by atoms with E-state index in [0.29, 0.717) is 34.4 Å². The predicted molar refractivity (Wildman–Crippen MR) is 110 cm³/mol. The highest BCUT2D eigenvalue weighted by Gasteiger charge is 2.19. The number of fused-ring (bicyclic) bond motifs is 1. The molecule has 1 saturated heterocycles. The lowest BCUT2D eigenvalue weighted by atomic mass is 10.1. The Hall–Kier alpha value is -2.71. The number of amidine groups is 1. The van der Waals surface area contributed by atoms with Crippen LogP contribution in [0.5, 0.6) is 0 Å². The molecule has 0 bridgehead atoms. The molecular formula is C19H21ClFN7. The topological polar surface area (TPSA) is 95.2 Å². The lowest BCUT2D eigenvalue weighted by Gasteiger charge is -2.29. The molecule has 146 valence electrons. The third-order valence-electron chi connectivity index (χ3n) is 4.79. The van der Waals surface area contributed by atoms with Crippen molar-refractivity contribution < 1.29 is 4.39 Å². The minimum absolute atomic E-state index is 0.000554. The maximum Gasteiger partial charge on any atom is 0.202 e. The van der Waals surface area contributed by atoms with Crippen molar-refractivity contribution >= 4 is 40.2 Å². The normalized spacial score (nSPS) is 18.5. The van der Waals surface area contributed by atoms with E-state index >= 15 is 0 Å². The van der Waals surface area contributed by atoms with Gasteiger partial charge in [-0.15, -0.1) is 0 Å². The standard InChI is InChI=1S/C19H21ClFN7/c1-28-8-2-3-12(10-28)25-19-26-16-13(6-7-23-18(16)27-19)17(22)24-11-4-5-15(21)14(20)9-11/h4-7,9,12H,2-3,8,10H2,1H3,(H2,22,24)(H2,23,25,26,27). The molecule has 2 aromatic heterocycles. The largest absolute Gasteiger partial charge is 0.383 e. The van der Waals surface area contributed by atoms with Crippen LogP contribution in [0.3, 0.4) is 0 Å². The van der Waals surface area contributed by atoms with Crippen LogP contribution in [0.4, 0.5) is 16.0 Å². The molecular weight excluding hydrogens is 381 g/mol. The SMILES string of the molecule is CN1CCCC(Nc2nc3nccc(C(N)=Nc4ccc(F)c(Cl)c4)c3[nH]2)C1. The average molecular weight is 402 g/mol. The van der Waals surface area contributed by atoms with E-state index in [1.165, 1.54) is 18.2 Å². The monoisotopic (exact) mass is 401 g/mol. The number of imidazole rings is 1. The molecule has 0 radical (unpaired) electrons. The molecule has 1 aliphatic heterocycles. The van der Waals surface area contributed by atoms with E-state index in [-0.39, 0.29) is 10.9 Å². The van der Waals surface area contributed by atoms with E-state index in [1.807, 2.05) is 0 Å². The third-order valence-corrected chi connectivity index (χ3v) is 5.08. The van der Waals surface area contributed by atoms with Gasteiger partial charge in [-0.05, 0) is 50.7 Å². The molecule has 3 heterocycles. The Morgan fingerprint density at radius 3 is 3.07 bits per heavy atom. The quantitative estimate of drug-likeness (QED) is 0.460. The molecule has 0 amide bonds. The Balaban J connectivity index is 1.62. The zero-order chi connectivity index (χ0) is 19.7. The number of piperidine rings is 1. The molecule has 1 aromatic carbocycles. The Morgan fingerprint density at radius 1 is 1.43 bits per heavy atom. The number of nitrogens with two attached hydrogens (primary N) is 1. The zero-order valence-corrected chi connectivity index (χ0v) is 16.2. The van der Waals surface area contributed by atoms with Gasteiger partial charge in [0.25, 0.3) is 0 Å². The van der Waals surface area contributed by atoms with Gasteiger partial charge in [-0.2, -0.15) is 4.98 Å². The van der Waals surface area contributed by atoms with Crippen LogP contribution in [0, 0.1) is 5.82 Å². The Labute approximate surface area is 166 Å². The van der Waals surface area contributed by atoms with E-state index in [1.54, 1.807) is 12.3 Å². The van der Waals surface area contributed by atoms with Crippen LogP contribution in [-0.4, -0.2) is 51.9 Å². The summed E-state index contributed by atoms with van der Waals surface area (Å²) in [7, 11) is 2.12. The van der Waals surface area contributed by atoms with Crippen molar-refractivity contribution in [1.82, 2.24) is 19.9 Å². The molecule has 0 spiro atoms. The number of halogens is 2. The van der Waals surface area contributed by atoms with Crippen molar-refractivity contribution in [3.8, 4) is 0 Å². The van der Waals surface area contributed by atoms with Gasteiger partial charge < -0.3 is 20.9 Å². The summed E-state index contributed by atoms with van der Waals surface area (Å²) in [6, 6.07) is 6.31. The summed E-state index contributed by atoms with van der Waals surface area (Å²) in [5, 5.41) is 3.44. The summed E-state index contributed by atoms with van der Waals surface area (Å²) >= 11 is 5.82. The van der Waals surface area contributed by atoms with Crippen LogP contribution in [0.2, 0.25) is 5.02 Å². The Kier molecular flexibility index (Phi) is 5.15. The van der Waals surface area contributed by atoms with Crippen LogP contribution in [0.25, 0.3) is 11.2 Å². The lowest BCUT2D eigenvalue weighted by molar-refractivity contribution is 0.260. The van der Waals surface area contributed by atoms with E-state index in [9.17, 15) is 4.39 Å². The summed E-state index contributed by atoms with van der Waals surface area (Å²) in [5.41, 5.74) is 8.60. The van der Waals surface area contributed by atoms with Gasteiger partial charge in [-0.3, -0.25) is 0 Å². The first-order valence-electron chi connectivity index (χ1n) is 9.09. The van der Waals surface area contributed by atoms with Gasteiger partial charge in [-0.1, -0.05) is 11.6 Å². The molecule has 0 aliphatic carbocycles. The number of nitrogens with one attached hydrogen (secondary N) is 2. The first-order chi connectivity index (χ1) is 13.5. The summed E-state index contributed by atoms with van der Waals surface area (Å²) in [6.07, 6.45) is 3.88. The average Bonchev–Trinajstić information content (AvgIpc) is 3.07. The smallest absolute Gasteiger partial charge is 0.202 e. The molecule has 0 saturated carbocycles. The molecule has 4 rings (SSSR count). The van der Waals surface area contributed by atoms with Crippen LogP contribution in [-0.2, 0) is 0 Å². The highest BCUT2D eigenvalue weighted by atomic mass is 35.5. The highest BCUT2D eigenvalue weighted by Crippen LogP contribution is 2.23. The second kappa shape index (κ2) is 7.73. The van der Waals surface area contributed by atoms with Crippen molar-refractivity contribution in [2.75, 3.05) is 25.5 Å². The predicted octanol–water partition coefficient (Wildman–Crippen LogP) is 3.29. The van der Waals surface area contributed by atoms with E-state index < -0.39 is 5.82 Å². The molecule has 28 heavy (non-hydrogen) atoms. The highest BCUT2D eigenvalue weighted by molar-refractivity contribution is 6.31. The fourth-order valence-corrected chi connectivity index (χ4v) is 3.60. The van der Waals surface area contributed by atoms with Gasteiger partial charge in [0, 0.05) is 24.3 Å². The van der Waals surface area contributed by atoms with Gasteiger partial charge in [0.2, 0.25) is 5.95 Å². The van der Waals surface area contributed by atoms with Crippen LogP contribution in [0.15, 0.2) is 35.5 Å². The van der Waals surface area contributed by atoms with Crippen molar-refractivity contribution in [1.29, 1.82) is 0 Å². The minimum Gasteiger partial charge on any atom is -0.383 e. The van der Waals surface area contributed by atoms with E-state index in [4.69, 9.17) is 17.3 Å². The number of hydrogen-bond donors (Lipinski definition) is 3. The van der Waals surface area contributed by atoms with Gasteiger partial charge >= 0.3 is 0 Å². The van der Waals surface area contributed by atoms with Crippen LogP contribution >= 0.6 is 11.6 Å². The number of aliphatic imine (C=N–C) groups is 1. The van der Waals surface area contributed by atoms with Crippen LogP contribution < -0.4 is 11.1 Å². The number of aromatic amines is 1. The number of likely N-dealkylation sites (tertiary alicyclic amines) is 1. The first-order valence-corrected chi connectivity index (χ1v) is 9.47. The minimum atomic E-state index is -0.497. The molecule has 1 atom stereocenters. The molecule has 3 aromatic rings. The Bertz CT molecular complexity index is 1030. The van der Waals surface area contributed by atoms with Crippen molar-refractivity contribution in [3.05, 3.63) is 46.9 Å². The fraction of sp³-hybridized carbons (Fsp3) is 0.316. The van der Waals surface area contributed by atoms with E-state index in [0.717, 1.165) is 25.9 Å². The molecule has 7 nitrogen and oxygen atoms in total. The fourth-order valence-electron chi connectivity index (χ4n) is 3.42. The number of pyridine rings is 1. The third kappa shape index (κ3) is 3.93. The number of aromatic nitrogens is 3.